The highest BCUT2D eigenvalue weighted by Gasteiger charge is 2.20. The molecule has 0 bridgehead atoms. The Kier molecular flexibility index (Phi) is 3.51. The van der Waals surface area contributed by atoms with Gasteiger partial charge in [-0.15, -0.1) is 6.42 Å². The van der Waals surface area contributed by atoms with Gasteiger partial charge in [0, 0.05) is 6.54 Å². The van der Waals surface area contributed by atoms with E-state index in [0.717, 1.165) is 0 Å². The van der Waals surface area contributed by atoms with Crippen LogP contribution in [0.3, 0.4) is 0 Å². The van der Waals surface area contributed by atoms with Crippen molar-refractivity contribution in [3.8, 4) is 23.5 Å². The molecular formula is C14H12ClNO. The number of hydrogen-bond donors (Lipinski definition) is 0. The third-order valence-electron chi connectivity index (χ3n) is 2.84. The topological polar surface area (TPSA) is 20.3 Å². The fraction of sp³-hybridized carbons (Fsp3) is 0.214. The molecule has 0 N–H and O–H groups in total. The van der Waals surface area contributed by atoms with Crippen molar-refractivity contribution in [2.24, 2.45) is 0 Å². The molecule has 0 aromatic rings. The van der Waals surface area contributed by atoms with Crippen molar-refractivity contribution in [2.45, 2.75) is 12.5 Å². The van der Waals surface area contributed by atoms with E-state index in [1.165, 1.54) is 16.0 Å². The van der Waals surface area contributed by atoms with Crippen LogP contribution in [-0.2, 0) is 0 Å². The molecule has 3 rings (SSSR count). The summed E-state index contributed by atoms with van der Waals surface area (Å²) < 4.78 is 0. The number of hydrogen-bond acceptors (Lipinski definition) is 1. The molecule has 0 aromatic carbocycles. The SMILES string of the molecule is C#CC1CC=CCN1C(=O)Cl.c1cc2ccc1-2. The number of carbonyl (C=O) groups is 1. The van der Waals surface area contributed by atoms with E-state index in [9.17, 15) is 4.79 Å². The predicted octanol–water partition coefficient (Wildman–Crippen LogP) is 3.28. The lowest BCUT2D eigenvalue weighted by Gasteiger charge is -2.26. The maximum atomic E-state index is 10.7. The van der Waals surface area contributed by atoms with Crippen LogP contribution in [0, 0.1) is 12.3 Å². The Hall–Kier alpha value is -1.72. The van der Waals surface area contributed by atoms with Gasteiger partial charge in [0.2, 0.25) is 0 Å². The lowest BCUT2D eigenvalue weighted by Crippen LogP contribution is -2.38. The average molecular weight is 246 g/mol. The van der Waals surface area contributed by atoms with E-state index in [1.807, 2.05) is 12.2 Å². The Labute approximate surface area is 106 Å². The minimum absolute atomic E-state index is 0.162. The number of nitrogens with zero attached hydrogens (tertiary/aromatic N) is 1. The molecule has 2 aliphatic carbocycles. The van der Waals surface area contributed by atoms with E-state index in [4.69, 9.17) is 18.0 Å². The molecule has 1 aliphatic heterocycles. The molecule has 0 radical (unpaired) electrons. The van der Waals surface area contributed by atoms with Crippen LogP contribution in [0.15, 0.2) is 36.4 Å². The van der Waals surface area contributed by atoms with Crippen molar-refractivity contribution < 1.29 is 4.79 Å². The third kappa shape index (κ3) is 2.51. The van der Waals surface area contributed by atoms with Crippen LogP contribution in [0.2, 0.25) is 0 Å². The van der Waals surface area contributed by atoms with Gasteiger partial charge in [0.1, 0.15) is 0 Å². The summed E-state index contributed by atoms with van der Waals surface area (Å²) in [7, 11) is 0. The summed E-state index contributed by atoms with van der Waals surface area (Å²) in [6.45, 7) is 0.525. The van der Waals surface area contributed by atoms with Crippen molar-refractivity contribution in [3.05, 3.63) is 36.4 Å². The lowest BCUT2D eigenvalue weighted by molar-refractivity contribution is 0.216. The molecule has 86 valence electrons. The number of carbonyl (C=O) groups excluding carboxylic acids is 1. The molecule has 0 saturated heterocycles. The van der Waals surface area contributed by atoms with Crippen LogP contribution in [0.25, 0.3) is 11.1 Å². The summed E-state index contributed by atoms with van der Waals surface area (Å²) in [4.78, 5) is 12.2. The first-order valence-electron chi connectivity index (χ1n) is 5.40. The minimum Gasteiger partial charge on any atom is -0.311 e. The fourth-order valence-electron chi connectivity index (χ4n) is 1.68. The fourth-order valence-corrected chi connectivity index (χ4v) is 1.87. The maximum Gasteiger partial charge on any atom is 0.317 e. The summed E-state index contributed by atoms with van der Waals surface area (Å²) in [5, 5.41) is -0.475. The second-order valence-corrected chi connectivity index (χ2v) is 4.20. The van der Waals surface area contributed by atoms with Crippen LogP contribution in [0.1, 0.15) is 6.42 Å². The normalized spacial score (nSPS) is 18.8. The highest BCUT2D eigenvalue weighted by molar-refractivity contribution is 6.62. The van der Waals surface area contributed by atoms with Crippen LogP contribution in [0.4, 0.5) is 4.79 Å². The molecular weight excluding hydrogens is 234 g/mol. The van der Waals surface area contributed by atoms with Gasteiger partial charge in [-0.1, -0.05) is 42.3 Å². The summed E-state index contributed by atoms with van der Waals surface area (Å²) in [5.74, 6) is 2.50. The van der Waals surface area contributed by atoms with Crippen LogP contribution < -0.4 is 0 Å². The molecule has 2 nitrogen and oxygen atoms in total. The Balaban J connectivity index is 0.000000148. The third-order valence-corrected chi connectivity index (χ3v) is 3.06. The molecule has 0 aromatic heterocycles. The summed E-state index contributed by atoms with van der Waals surface area (Å²) >= 11 is 5.29. The predicted molar refractivity (Wildman–Crippen MR) is 69.8 cm³/mol. The molecule has 0 spiro atoms. The Morgan fingerprint density at radius 1 is 1.29 bits per heavy atom. The van der Waals surface area contributed by atoms with Gasteiger partial charge in [-0.3, -0.25) is 4.79 Å². The van der Waals surface area contributed by atoms with Crippen molar-refractivity contribution in [2.75, 3.05) is 6.54 Å². The molecule has 1 atom stereocenters. The first kappa shape index (κ1) is 11.8. The van der Waals surface area contributed by atoms with Gasteiger partial charge in [0.15, 0.2) is 0 Å². The zero-order valence-corrected chi connectivity index (χ0v) is 10.0. The second-order valence-electron chi connectivity index (χ2n) is 3.87. The molecule has 0 saturated carbocycles. The Morgan fingerprint density at radius 3 is 2.18 bits per heavy atom. The van der Waals surface area contributed by atoms with E-state index in [0.29, 0.717) is 13.0 Å². The molecule has 1 unspecified atom stereocenters. The van der Waals surface area contributed by atoms with E-state index in [2.05, 4.69) is 30.2 Å². The molecule has 1 heterocycles. The van der Waals surface area contributed by atoms with E-state index >= 15 is 0 Å². The zero-order chi connectivity index (χ0) is 12.3. The van der Waals surface area contributed by atoms with Crippen LogP contribution in [0.5, 0.6) is 0 Å². The number of fused-ring (bicyclic) bond motifs is 1. The van der Waals surface area contributed by atoms with Crippen molar-refractivity contribution >= 4 is 17.0 Å². The lowest BCUT2D eigenvalue weighted by atomic mass is 9.95. The number of amides is 1. The molecule has 0 fully saturated rings. The van der Waals surface area contributed by atoms with Gasteiger partial charge in [-0.25, -0.2) is 0 Å². The number of terminal acetylenes is 1. The quantitative estimate of drug-likeness (QED) is 0.302. The number of benzene rings is 1. The number of halogens is 1. The first-order valence-corrected chi connectivity index (χ1v) is 5.78. The van der Waals surface area contributed by atoms with E-state index in [-0.39, 0.29) is 6.04 Å². The van der Waals surface area contributed by atoms with Gasteiger partial charge in [0.25, 0.3) is 0 Å². The average Bonchev–Trinajstić information content (AvgIpc) is 2.34. The molecule has 3 heteroatoms. The van der Waals surface area contributed by atoms with E-state index < -0.39 is 5.37 Å². The summed E-state index contributed by atoms with van der Waals surface area (Å²) in [6.07, 6.45) is 9.74. The first-order chi connectivity index (χ1) is 8.22. The standard InChI is InChI=1S/C8H8ClNO.C6H4/c1-2-7-5-3-4-6-10(7)8(9)11;1-2-6-4-3-5(1)6/h1,3-4,7H,5-6H2;1-4H. The monoisotopic (exact) mass is 245 g/mol. The summed E-state index contributed by atoms with van der Waals surface area (Å²) in [5.41, 5.74) is 2.85. The number of rotatable bonds is 0. The molecule has 1 amide bonds. The highest BCUT2D eigenvalue weighted by atomic mass is 35.5. The van der Waals surface area contributed by atoms with Crippen LogP contribution >= 0.6 is 11.6 Å². The second kappa shape index (κ2) is 5.07. The van der Waals surface area contributed by atoms with Crippen molar-refractivity contribution in [3.63, 3.8) is 0 Å². The van der Waals surface area contributed by atoms with Crippen molar-refractivity contribution in [1.29, 1.82) is 0 Å². The molecule has 17 heavy (non-hydrogen) atoms. The minimum atomic E-state index is -0.475. The van der Waals surface area contributed by atoms with E-state index in [1.54, 1.807) is 0 Å². The van der Waals surface area contributed by atoms with Gasteiger partial charge >= 0.3 is 5.37 Å². The summed E-state index contributed by atoms with van der Waals surface area (Å²) in [6, 6.07) is 8.32. The van der Waals surface area contributed by atoms with Gasteiger partial charge in [-0.2, -0.15) is 0 Å². The van der Waals surface area contributed by atoms with Gasteiger partial charge in [-0.05, 0) is 29.1 Å². The van der Waals surface area contributed by atoms with Crippen LogP contribution in [-0.4, -0.2) is 22.9 Å². The zero-order valence-electron chi connectivity index (χ0n) is 9.27. The smallest absolute Gasteiger partial charge is 0.311 e. The highest BCUT2D eigenvalue weighted by Crippen LogP contribution is 2.29. The van der Waals surface area contributed by atoms with Crippen molar-refractivity contribution in [1.82, 2.24) is 4.90 Å². The Bertz CT molecular complexity index is 463. The maximum absolute atomic E-state index is 10.7. The molecule has 3 aliphatic rings. The van der Waals surface area contributed by atoms with Gasteiger partial charge in [0.05, 0.1) is 6.04 Å². The van der Waals surface area contributed by atoms with Gasteiger partial charge < -0.3 is 4.90 Å². The largest absolute Gasteiger partial charge is 0.317 e. The Morgan fingerprint density at radius 2 is 1.88 bits per heavy atom.